The first kappa shape index (κ1) is 33.0. The second kappa shape index (κ2) is 16.1. The molecule has 0 aromatic rings. The Morgan fingerprint density at radius 3 is 2.32 bits per heavy atom. The highest BCUT2D eigenvalue weighted by Gasteiger charge is 2.29. The predicted octanol–water partition coefficient (Wildman–Crippen LogP) is 6.39. The molecule has 1 rings (SSSR count). The maximum Gasteiger partial charge on any atom is 0.331 e. The maximum atomic E-state index is 12.9. The van der Waals surface area contributed by atoms with E-state index < -0.39 is 18.0 Å². The van der Waals surface area contributed by atoms with Crippen LogP contribution in [0.1, 0.15) is 68.2 Å². The summed E-state index contributed by atoms with van der Waals surface area (Å²) >= 11 is 0. The molecule has 210 valence electrons. The number of carbonyl (C=O) groups excluding carboxylic acids is 2. The smallest absolute Gasteiger partial charge is 0.331 e. The first-order valence-corrected chi connectivity index (χ1v) is 13.4. The van der Waals surface area contributed by atoms with E-state index >= 15 is 0 Å². The van der Waals surface area contributed by atoms with Crippen molar-refractivity contribution in [3.63, 3.8) is 0 Å². The van der Waals surface area contributed by atoms with Gasteiger partial charge in [-0.15, -0.1) is 0 Å². The Labute approximate surface area is 228 Å². The minimum absolute atomic E-state index is 0.0378. The van der Waals surface area contributed by atoms with E-state index in [2.05, 4.69) is 19.1 Å². The number of ketones is 1. The van der Waals surface area contributed by atoms with Crippen molar-refractivity contribution in [1.82, 2.24) is 0 Å². The minimum atomic E-state index is -1.01. The van der Waals surface area contributed by atoms with Gasteiger partial charge >= 0.3 is 11.9 Å². The Bertz CT molecular complexity index is 1010. The first-order chi connectivity index (χ1) is 17.7. The fourth-order valence-corrected chi connectivity index (χ4v) is 4.63. The fourth-order valence-electron chi connectivity index (χ4n) is 4.63. The molecule has 1 aliphatic rings. The lowest BCUT2D eigenvalue weighted by molar-refractivity contribution is -0.143. The molecule has 0 fully saturated rings. The second-order valence-electron chi connectivity index (χ2n) is 10.9. The highest BCUT2D eigenvalue weighted by Crippen LogP contribution is 2.24. The van der Waals surface area contributed by atoms with Gasteiger partial charge in [-0.05, 0) is 51.5 Å². The molecule has 0 aromatic carbocycles. The van der Waals surface area contributed by atoms with Gasteiger partial charge in [0.05, 0.1) is 6.10 Å². The summed E-state index contributed by atoms with van der Waals surface area (Å²) in [7, 11) is 0. The van der Waals surface area contributed by atoms with E-state index in [1.165, 1.54) is 6.08 Å². The number of Topliss-reactive ketones (excluding diaryl/α,β-unsaturated/α-hetero) is 1. The van der Waals surface area contributed by atoms with Crippen molar-refractivity contribution in [2.45, 2.75) is 80.4 Å². The van der Waals surface area contributed by atoms with Crippen molar-refractivity contribution in [3.05, 3.63) is 71.4 Å². The van der Waals surface area contributed by atoms with Gasteiger partial charge in [0.25, 0.3) is 0 Å². The van der Waals surface area contributed by atoms with Gasteiger partial charge in [0.1, 0.15) is 11.9 Å². The highest BCUT2D eigenvalue weighted by molar-refractivity contribution is 5.85. The molecule has 7 atom stereocenters. The summed E-state index contributed by atoms with van der Waals surface area (Å²) in [6, 6.07) is 0. The summed E-state index contributed by atoms with van der Waals surface area (Å²) in [5.74, 6) is -2.02. The number of cyclic esters (lactones) is 1. The number of hydrogen-bond donors (Lipinski definition) is 2. The van der Waals surface area contributed by atoms with Gasteiger partial charge in [0.2, 0.25) is 0 Å². The van der Waals surface area contributed by atoms with Crippen LogP contribution in [-0.2, 0) is 19.1 Å². The fraction of sp³-hybridized carbons (Fsp3) is 0.531. The van der Waals surface area contributed by atoms with E-state index in [0.717, 1.165) is 23.6 Å². The zero-order chi connectivity index (χ0) is 29.0. The third kappa shape index (κ3) is 12.0. The number of carboxylic acid groups (broad SMARTS) is 1. The number of carboxylic acids is 1. The molecule has 1 aliphatic heterocycles. The summed E-state index contributed by atoms with van der Waals surface area (Å²) < 4.78 is 5.34. The number of rotatable bonds is 14. The third-order valence-electron chi connectivity index (χ3n) is 6.81. The van der Waals surface area contributed by atoms with Crippen LogP contribution in [-0.4, -0.2) is 40.1 Å². The number of carbonyl (C=O) groups is 3. The second-order valence-corrected chi connectivity index (χ2v) is 10.9. The van der Waals surface area contributed by atoms with Crippen molar-refractivity contribution in [1.29, 1.82) is 0 Å². The van der Waals surface area contributed by atoms with Crippen LogP contribution in [0.25, 0.3) is 0 Å². The summed E-state index contributed by atoms with van der Waals surface area (Å²) in [6.45, 7) is 15.3. The van der Waals surface area contributed by atoms with Crippen LogP contribution in [0.5, 0.6) is 0 Å². The Morgan fingerprint density at radius 1 is 1.05 bits per heavy atom. The molecule has 0 spiro atoms. The lowest BCUT2D eigenvalue weighted by Gasteiger charge is -2.25. The zero-order valence-corrected chi connectivity index (χ0v) is 24.2. The average Bonchev–Trinajstić information content (AvgIpc) is 2.82. The predicted molar refractivity (Wildman–Crippen MR) is 152 cm³/mol. The molecule has 0 saturated carbocycles. The van der Waals surface area contributed by atoms with Crippen LogP contribution in [0.15, 0.2) is 71.4 Å². The molecular formula is C32H46O6. The summed E-state index contributed by atoms with van der Waals surface area (Å²) in [5.41, 5.74) is 2.75. The molecule has 38 heavy (non-hydrogen) atoms. The van der Waals surface area contributed by atoms with Crippen molar-refractivity contribution >= 4 is 17.7 Å². The van der Waals surface area contributed by atoms with Gasteiger partial charge in [-0.1, -0.05) is 87.8 Å². The minimum Gasteiger partial charge on any atom is -0.478 e. The Morgan fingerprint density at radius 2 is 1.68 bits per heavy atom. The highest BCUT2D eigenvalue weighted by atomic mass is 16.5. The van der Waals surface area contributed by atoms with E-state index in [1.807, 2.05) is 65.0 Å². The number of hydrogen-bond acceptors (Lipinski definition) is 5. The molecular weight excluding hydrogens is 480 g/mol. The lowest BCUT2D eigenvalue weighted by atomic mass is 9.83. The molecule has 0 aliphatic carbocycles. The molecule has 6 heteroatoms. The third-order valence-corrected chi connectivity index (χ3v) is 6.81. The molecule has 1 heterocycles. The summed E-state index contributed by atoms with van der Waals surface area (Å²) in [4.78, 5) is 35.2. The summed E-state index contributed by atoms with van der Waals surface area (Å²) in [5, 5.41) is 19.5. The quantitative estimate of drug-likeness (QED) is 0.154. The van der Waals surface area contributed by atoms with Crippen LogP contribution < -0.4 is 0 Å². The standard InChI is InChI=1S/C32H46O6/c1-20(16-22(3)12-14-28-24(5)13-15-30(35)38-28)10-9-11-21(2)17-25(6)31(36)27(8)32(37)26(7)18-23(4)19-29(33)34/h9,11-17,19-20,24-28,32,37H,10,18H2,1-8H3,(H,33,34)/b11-9+,14-12+,21-17+,22-16-,23-19+/t20-,24+,25+,26+,27-,28-,32+/m0/s1. The summed E-state index contributed by atoms with van der Waals surface area (Å²) in [6.07, 6.45) is 16.8. The molecule has 0 unspecified atom stereocenters. The van der Waals surface area contributed by atoms with E-state index in [0.29, 0.717) is 17.9 Å². The van der Waals surface area contributed by atoms with Crippen LogP contribution in [0.3, 0.4) is 0 Å². The lowest BCUT2D eigenvalue weighted by Crippen LogP contribution is -2.34. The van der Waals surface area contributed by atoms with Gasteiger partial charge in [-0.2, -0.15) is 0 Å². The number of esters is 1. The van der Waals surface area contributed by atoms with Gasteiger partial charge in [-0.3, -0.25) is 4.79 Å². The number of aliphatic hydroxyl groups is 1. The van der Waals surface area contributed by atoms with Crippen molar-refractivity contribution in [2.24, 2.45) is 29.6 Å². The molecule has 0 amide bonds. The van der Waals surface area contributed by atoms with Crippen molar-refractivity contribution in [3.8, 4) is 0 Å². The monoisotopic (exact) mass is 526 g/mol. The molecule has 0 radical (unpaired) electrons. The Hall–Kier alpha value is -2.99. The molecule has 0 aromatic heterocycles. The zero-order valence-electron chi connectivity index (χ0n) is 24.2. The van der Waals surface area contributed by atoms with Gasteiger partial charge < -0.3 is 14.9 Å². The molecule has 2 N–H and O–H groups in total. The van der Waals surface area contributed by atoms with Crippen LogP contribution in [0, 0.1) is 29.6 Å². The molecule has 0 saturated heterocycles. The van der Waals surface area contributed by atoms with Crippen LogP contribution in [0.4, 0.5) is 0 Å². The number of allylic oxidation sites excluding steroid dienone is 8. The molecule has 0 bridgehead atoms. The maximum absolute atomic E-state index is 12.9. The van der Waals surface area contributed by atoms with E-state index in [4.69, 9.17) is 9.84 Å². The van der Waals surface area contributed by atoms with E-state index in [9.17, 15) is 19.5 Å². The van der Waals surface area contributed by atoms with E-state index in [1.54, 1.807) is 13.8 Å². The van der Waals surface area contributed by atoms with E-state index in [-0.39, 0.29) is 35.6 Å². The SMILES string of the molecule is CC(=C/[C@@H](C)C/C=C/C(C)=C/[C@@H](C)C(=O)[C@H](C)[C@H](O)[C@H](C)C/C(C)=C/C(=O)O)/C=C/[C@@H]1OC(=O)C=C[C@H]1C. The normalized spacial score (nSPS) is 23.3. The van der Waals surface area contributed by atoms with Gasteiger partial charge in [-0.25, -0.2) is 9.59 Å². The van der Waals surface area contributed by atoms with Crippen molar-refractivity contribution < 1.29 is 29.3 Å². The number of aliphatic hydroxyl groups excluding tert-OH is 1. The largest absolute Gasteiger partial charge is 0.478 e. The Balaban J connectivity index is 2.63. The van der Waals surface area contributed by atoms with Crippen molar-refractivity contribution in [2.75, 3.05) is 0 Å². The Kier molecular flexibility index (Phi) is 14.0. The van der Waals surface area contributed by atoms with Crippen LogP contribution >= 0.6 is 0 Å². The van der Waals surface area contributed by atoms with Gasteiger partial charge in [0.15, 0.2) is 0 Å². The number of aliphatic carboxylic acids is 1. The van der Waals surface area contributed by atoms with Crippen LogP contribution in [0.2, 0.25) is 0 Å². The molecule has 6 nitrogen and oxygen atoms in total. The average molecular weight is 527 g/mol. The first-order valence-electron chi connectivity index (χ1n) is 13.4. The number of ether oxygens (including phenoxy) is 1. The van der Waals surface area contributed by atoms with Gasteiger partial charge in [0, 0.05) is 29.9 Å². The topological polar surface area (TPSA) is 101 Å².